The third-order valence-corrected chi connectivity index (χ3v) is 4.54. The van der Waals surface area contributed by atoms with Crippen molar-refractivity contribution in [3.63, 3.8) is 0 Å². The predicted molar refractivity (Wildman–Crippen MR) is 87.5 cm³/mol. The lowest BCUT2D eigenvalue weighted by atomic mass is 10.0. The van der Waals surface area contributed by atoms with Crippen LogP contribution < -0.4 is 0 Å². The van der Waals surface area contributed by atoms with Gasteiger partial charge in [0.1, 0.15) is 5.82 Å². The van der Waals surface area contributed by atoms with Gasteiger partial charge in [-0.1, -0.05) is 12.1 Å². The topological polar surface area (TPSA) is 41.3 Å². The Morgan fingerprint density at radius 3 is 2.83 bits per heavy atom. The number of likely N-dealkylation sites (tertiary alicyclic amines) is 1. The van der Waals surface area contributed by atoms with Gasteiger partial charge in [-0.2, -0.15) is 5.10 Å². The van der Waals surface area contributed by atoms with Crippen molar-refractivity contribution in [1.82, 2.24) is 14.7 Å². The number of benzene rings is 1. The summed E-state index contributed by atoms with van der Waals surface area (Å²) in [4.78, 5) is 2.22. The average Bonchev–Trinajstić information content (AvgIpc) is 3.03. The molecule has 0 radical (unpaired) electrons. The minimum absolute atomic E-state index is 0.0440. The van der Waals surface area contributed by atoms with E-state index in [0.717, 1.165) is 23.4 Å². The van der Waals surface area contributed by atoms with Crippen molar-refractivity contribution in [2.24, 2.45) is 0 Å². The molecular formula is C18H24FN3O. The van der Waals surface area contributed by atoms with Crippen LogP contribution in [0.15, 0.2) is 30.5 Å². The number of aryl methyl sites for hydroxylation is 1. The summed E-state index contributed by atoms with van der Waals surface area (Å²) < 4.78 is 15.5. The first-order chi connectivity index (χ1) is 10.9. The Balaban J connectivity index is 1.83. The lowest BCUT2D eigenvalue weighted by Crippen LogP contribution is -2.24. The number of aliphatic hydroxyl groups is 1. The minimum Gasteiger partial charge on any atom is -0.392 e. The second-order valence-electron chi connectivity index (χ2n) is 6.70. The fourth-order valence-corrected chi connectivity index (χ4v) is 3.27. The summed E-state index contributed by atoms with van der Waals surface area (Å²) >= 11 is 0. The fourth-order valence-electron chi connectivity index (χ4n) is 3.27. The molecule has 1 fully saturated rings. The Labute approximate surface area is 136 Å². The Hall–Kier alpha value is -1.72. The summed E-state index contributed by atoms with van der Waals surface area (Å²) in [5, 5.41) is 14.6. The zero-order valence-corrected chi connectivity index (χ0v) is 13.9. The summed E-state index contributed by atoms with van der Waals surface area (Å²) in [5.41, 5.74) is 3.10. The normalized spacial score (nSPS) is 22.2. The van der Waals surface area contributed by atoms with Crippen molar-refractivity contribution in [1.29, 1.82) is 0 Å². The van der Waals surface area contributed by atoms with Gasteiger partial charge in [0.25, 0.3) is 0 Å². The third-order valence-electron chi connectivity index (χ3n) is 4.54. The van der Waals surface area contributed by atoms with Crippen molar-refractivity contribution >= 4 is 0 Å². The lowest BCUT2D eigenvalue weighted by molar-refractivity contribution is 0.172. The highest BCUT2D eigenvalue weighted by molar-refractivity contribution is 5.23. The molecule has 0 saturated carbocycles. The van der Waals surface area contributed by atoms with Crippen LogP contribution in [0, 0.1) is 12.7 Å². The van der Waals surface area contributed by atoms with E-state index in [9.17, 15) is 9.50 Å². The van der Waals surface area contributed by atoms with Crippen LogP contribution in [0.3, 0.4) is 0 Å². The van der Waals surface area contributed by atoms with E-state index < -0.39 is 0 Å². The van der Waals surface area contributed by atoms with Gasteiger partial charge in [-0.05, 0) is 44.9 Å². The third kappa shape index (κ3) is 3.46. The molecule has 1 aliphatic heterocycles. The Morgan fingerprint density at radius 2 is 2.17 bits per heavy atom. The first-order valence-corrected chi connectivity index (χ1v) is 8.16. The first kappa shape index (κ1) is 16.1. The van der Waals surface area contributed by atoms with Crippen LogP contribution in [0.4, 0.5) is 4.39 Å². The van der Waals surface area contributed by atoms with E-state index in [1.807, 2.05) is 17.7 Å². The SMILES string of the molecule is Cc1nn(C(C)C)cc1CN1C[C@@H](O)C[C@@H]1c1cccc(F)c1. The number of hydrogen-bond acceptors (Lipinski definition) is 3. The molecule has 2 atom stereocenters. The maximum absolute atomic E-state index is 13.5. The van der Waals surface area contributed by atoms with Crippen LogP contribution in [0.5, 0.6) is 0 Å². The molecule has 1 saturated heterocycles. The minimum atomic E-state index is -0.372. The molecule has 0 spiro atoms. The molecule has 2 aromatic rings. The van der Waals surface area contributed by atoms with Crippen LogP contribution in [0.2, 0.25) is 0 Å². The number of rotatable bonds is 4. The molecule has 2 heterocycles. The molecule has 0 amide bonds. The highest BCUT2D eigenvalue weighted by Gasteiger charge is 2.32. The summed E-state index contributed by atoms with van der Waals surface area (Å²) in [5.74, 6) is -0.229. The van der Waals surface area contributed by atoms with E-state index in [1.165, 1.54) is 6.07 Å². The number of halogens is 1. The van der Waals surface area contributed by atoms with E-state index in [1.54, 1.807) is 12.1 Å². The zero-order valence-electron chi connectivity index (χ0n) is 13.9. The molecule has 1 aromatic heterocycles. The molecule has 124 valence electrons. The Morgan fingerprint density at radius 1 is 1.39 bits per heavy atom. The summed E-state index contributed by atoms with van der Waals surface area (Å²) in [6.45, 7) is 7.54. The summed E-state index contributed by atoms with van der Waals surface area (Å²) in [6, 6.07) is 7.06. The van der Waals surface area contributed by atoms with E-state index in [4.69, 9.17) is 0 Å². The van der Waals surface area contributed by atoms with Gasteiger partial charge < -0.3 is 5.11 Å². The van der Waals surface area contributed by atoms with E-state index in [-0.39, 0.29) is 18.0 Å². The quantitative estimate of drug-likeness (QED) is 0.941. The number of nitrogens with zero attached hydrogens (tertiary/aromatic N) is 3. The number of β-amino-alcohol motifs (C(OH)–C–C–N with tert-alkyl or cyclic N) is 1. The molecule has 4 nitrogen and oxygen atoms in total. The van der Waals surface area contributed by atoms with Crippen LogP contribution >= 0.6 is 0 Å². The molecule has 5 heteroatoms. The number of hydrogen-bond donors (Lipinski definition) is 1. The van der Waals surface area contributed by atoms with Gasteiger partial charge in [0, 0.05) is 36.9 Å². The van der Waals surface area contributed by atoms with Gasteiger partial charge >= 0.3 is 0 Å². The molecule has 0 unspecified atom stereocenters. The summed E-state index contributed by atoms with van der Waals surface area (Å²) in [7, 11) is 0. The lowest BCUT2D eigenvalue weighted by Gasteiger charge is -2.24. The van der Waals surface area contributed by atoms with E-state index >= 15 is 0 Å². The first-order valence-electron chi connectivity index (χ1n) is 8.16. The smallest absolute Gasteiger partial charge is 0.123 e. The maximum atomic E-state index is 13.5. The van der Waals surface area contributed by atoms with Crippen molar-refractivity contribution < 1.29 is 9.50 Å². The number of aromatic nitrogens is 2. The largest absolute Gasteiger partial charge is 0.392 e. The molecule has 23 heavy (non-hydrogen) atoms. The molecule has 3 rings (SSSR count). The maximum Gasteiger partial charge on any atom is 0.123 e. The highest BCUT2D eigenvalue weighted by Crippen LogP contribution is 2.34. The molecule has 1 aliphatic rings. The van der Waals surface area contributed by atoms with Crippen molar-refractivity contribution in [3.8, 4) is 0 Å². The standard InChI is InChI=1S/C18H24FN3O/c1-12(2)22-10-15(13(3)20-22)9-21-11-17(23)8-18(21)14-5-4-6-16(19)7-14/h4-7,10,12,17-18,23H,8-9,11H2,1-3H3/t17-,18+/m0/s1. The molecule has 0 aliphatic carbocycles. The molecule has 0 bridgehead atoms. The molecule has 1 N–H and O–H groups in total. The zero-order chi connectivity index (χ0) is 16.6. The fraction of sp³-hybridized carbons (Fsp3) is 0.500. The predicted octanol–water partition coefficient (Wildman–Crippen LogP) is 3.22. The van der Waals surface area contributed by atoms with Gasteiger partial charge in [-0.15, -0.1) is 0 Å². The van der Waals surface area contributed by atoms with Crippen molar-refractivity contribution in [3.05, 3.63) is 53.1 Å². The van der Waals surface area contributed by atoms with Crippen LogP contribution in [0.1, 0.15) is 49.2 Å². The van der Waals surface area contributed by atoms with Crippen LogP contribution in [-0.2, 0) is 6.54 Å². The van der Waals surface area contributed by atoms with Gasteiger partial charge in [0.2, 0.25) is 0 Å². The Bertz CT molecular complexity index is 683. The molecular weight excluding hydrogens is 293 g/mol. The average molecular weight is 317 g/mol. The van der Waals surface area contributed by atoms with Crippen molar-refractivity contribution in [2.75, 3.05) is 6.54 Å². The van der Waals surface area contributed by atoms with Gasteiger partial charge in [-0.3, -0.25) is 9.58 Å². The van der Waals surface area contributed by atoms with Crippen LogP contribution in [-0.4, -0.2) is 32.4 Å². The van der Waals surface area contributed by atoms with Crippen LogP contribution in [0.25, 0.3) is 0 Å². The molecule has 1 aromatic carbocycles. The summed E-state index contributed by atoms with van der Waals surface area (Å²) in [6.07, 6.45) is 2.34. The van der Waals surface area contributed by atoms with Gasteiger partial charge in [0.05, 0.1) is 11.8 Å². The monoisotopic (exact) mass is 317 g/mol. The Kier molecular flexibility index (Phi) is 4.50. The number of aliphatic hydroxyl groups excluding tert-OH is 1. The van der Waals surface area contributed by atoms with E-state index in [0.29, 0.717) is 19.0 Å². The van der Waals surface area contributed by atoms with Gasteiger partial charge in [-0.25, -0.2) is 4.39 Å². The van der Waals surface area contributed by atoms with Crippen molar-refractivity contribution in [2.45, 2.75) is 51.9 Å². The second kappa shape index (κ2) is 6.42. The highest BCUT2D eigenvalue weighted by atomic mass is 19.1. The van der Waals surface area contributed by atoms with Gasteiger partial charge in [0.15, 0.2) is 0 Å². The van der Waals surface area contributed by atoms with E-state index in [2.05, 4.69) is 30.0 Å². The second-order valence-corrected chi connectivity index (χ2v) is 6.70.